The topological polar surface area (TPSA) is 46.5 Å². The molecule has 0 aliphatic carbocycles. The molecule has 0 radical (unpaired) electrons. The Balaban J connectivity index is 2.12. The molecule has 1 heterocycles. The highest BCUT2D eigenvalue weighted by atomic mass is 19.4. The SMILES string of the molecule is O=C(O)CCC1CCC(c2cccc(C(F)(F)F)c2F)O1. The summed E-state index contributed by atoms with van der Waals surface area (Å²) in [6.45, 7) is 0. The molecule has 0 saturated carbocycles. The van der Waals surface area contributed by atoms with Crippen molar-refractivity contribution in [2.24, 2.45) is 0 Å². The number of carboxylic acid groups (broad SMARTS) is 1. The highest BCUT2D eigenvalue weighted by molar-refractivity contribution is 5.66. The van der Waals surface area contributed by atoms with Crippen LogP contribution in [0.2, 0.25) is 0 Å². The van der Waals surface area contributed by atoms with Crippen LogP contribution in [0.15, 0.2) is 18.2 Å². The van der Waals surface area contributed by atoms with E-state index < -0.39 is 29.6 Å². The number of aliphatic carboxylic acids is 1. The van der Waals surface area contributed by atoms with E-state index in [-0.39, 0.29) is 24.5 Å². The van der Waals surface area contributed by atoms with Gasteiger partial charge in [-0.1, -0.05) is 12.1 Å². The molecule has 0 bridgehead atoms. The molecule has 3 nitrogen and oxygen atoms in total. The third kappa shape index (κ3) is 3.72. The molecule has 2 unspecified atom stereocenters. The van der Waals surface area contributed by atoms with E-state index >= 15 is 0 Å². The number of halogens is 4. The van der Waals surface area contributed by atoms with Gasteiger partial charge in [0, 0.05) is 12.0 Å². The number of hydrogen-bond acceptors (Lipinski definition) is 2. The summed E-state index contributed by atoms with van der Waals surface area (Å²) in [4.78, 5) is 10.5. The Bertz CT molecular complexity index is 527. The Morgan fingerprint density at radius 1 is 1.33 bits per heavy atom. The van der Waals surface area contributed by atoms with Crippen molar-refractivity contribution >= 4 is 5.97 Å². The molecule has 116 valence electrons. The van der Waals surface area contributed by atoms with Gasteiger partial charge in [-0.25, -0.2) is 4.39 Å². The maximum absolute atomic E-state index is 14.0. The lowest BCUT2D eigenvalue weighted by Gasteiger charge is -2.16. The fourth-order valence-electron chi connectivity index (χ4n) is 2.45. The molecule has 2 rings (SSSR count). The van der Waals surface area contributed by atoms with Gasteiger partial charge >= 0.3 is 12.1 Å². The third-order valence-electron chi connectivity index (χ3n) is 3.47. The van der Waals surface area contributed by atoms with E-state index in [1.807, 2.05) is 0 Å². The number of hydrogen-bond donors (Lipinski definition) is 1. The Kier molecular flexibility index (Phi) is 4.51. The van der Waals surface area contributed by atoms with Gasteiger partial charge in [-0.2, -0.15) is 13.2 Å². The first kappa shape index (κ1) is 15.8. The van der Waals surface area contributed by atoms with Gasteiger partial charge < -0.3 is 9.84 Å². The molecular weight excluding hydrogens is 292 g/mol. The van der Waals surface area contributed by atoms with E-state index in [1.165, 1.54) is 6.07 Å². The fourth-order valence-corrected chi connectivity index (χ4v) is 2.45. The summed E-state index contributed by atoms with van der Waals surface area (Å²) in [6.07, 6.45) is -4.79. The molecule has 1 fully saturated rings. The van der Waals surface area contributed by atoms with Gasteiger partial charge in [-0.05, 0) is 25.3 Å². The molecule has 1 aliphatic heterocycles. The lowest BCUT2D eigenvalue weighted by Crippen LogP contribution is -2.13. The molecule has 0 amide bonds. The van der Waals surface area contributed by atoms with Gasteiger partial charge in [-0.3, -0.25) is 4.79 Å². The standard InChI is InChI=1S/C14H14F4O3/c15-13-9(2-1-3-10(13)14(16,17)18)11-6-4-8(21-11)5-7-12(19)20/h1-3,8,11H,4-7H2,(H,19,20). The predicted octanol–water partition coefficient (Wildman–Crippen LogP) is 3.93. The third-order valence-corrected chi connectivity index (χ3v) is 3.47. The lowest BCUT2D eigenvalue weighted by molar-refractivity contribution is -0.140. The number of alkyl halides is 3. The Labute approximate surface area is 118 Å². The summed E-state index contributed by atoms with van der Waals surface area (Å²) in [5.74, 6) is -2.28. The minimum absolute atomic E-state index is 0.0809. The average Bonchev–Trinajstić information content (AvgIpc) is 2.83. The molecule has 1 aliphatic rings. The Hall–Kier alpha value is -1.63. The van der Waals surface area contributed by atoms with Crippen molar-refractivity contribution in [3.63, 3.8) is 0 Å². The molecule has 1 aromatic rings. The zero-order chi connectivity index (χ0) is 15.6. The summed E-state index contributed by atoms with van der Waals surface area (Å²) in [6, 6.07) is 3.11. The minimum Gasteiger partial charge on any atom is -0.481 e. The highest BCUT2D eigenvalue weighted by Crippen LogP contribution is 2.39. The molecule has 2 atom stereocenters. The van der Waals surface area contributed by atoms with Gasteiger partial charge in [0.15, 0.2) is 0 Å². The van der Waals surface area contributed by atoms with Gasteiger partial charge in [0.2, 0.25) is 0 Å². The first-order chi connectivity index (χ1) is 9.79. The van der Waals surface area contributed by atoms with Gasteiger partial charge in [0.05, 0.1) is 17.8 Å². The number of carbonyl (C=O) groups is 1. The summed E-state index contributed by atoms with van der Waals surface area (Å²) in [5.41, 5.74) is -1.43. The maximum Gasteiger partial charge on any atom is 0.419 e. The summed E-state index contributed by atoms with van der Waals surface area (Å²) in [5, 5.41) is 8.59. The molecule has 7 heteroatoms. The quantitative estimate of drug-likeness (QED) is 0.857. The molecule has 0 aromatic heterocycles. The van der Waals surface area contributed by atoms with E-state index in [1.54, 1.807) is 0 Å². The smallest absolute Gasteiger partial charge is 0.419 e. The first-order valence-corrected chi connectivity index (χ1v) is 6.52. The Morgan fingerprint density at radius 3 is 2.67 bits per heavy atom. The summed E-state index contributed by atoms with van der Waals surface area (Å²) >= 11 is 0. The van der Waals surface area contributed by atoms with Crippen LogP contribution in [0.5, 0.6) is 0 Å². The van der Waals surface area contributed by atoms with Crippen LogP contribution in [0.3, 0.4) is 0 Å². The van der Waals surface area contributed by atoms with E-state index in [0.29, 0.717) is 18.9 Å². The predicted molar refractivity (Wildman–Crippen MR) is 65.1 cm³/mol. The van der Waals surface area contributed by atoms with Crippen molar-refractivity contribution in [1.82, 2.24) is 0 Å². The van der Waals surface area contributed by atoms with Crippen molar-refractivity contribution in [1.29, 1.82) is 0 Å². The fraction of sp³-hybridized carbons (Fsp3) is 0.500. The molecule has 1 N–H and O–H groups in total. The molecule has 0 spiro atoms. The zero-order valence-electron chi connectivity index (χ0n) is 11.0. The normalized spacial score (nSPS) is 22.5. The average molecular weight is 306 g/mol. The second kappa shape index (κ2) is 6.01. The Morgan fingerprint density at radius 2 is 2.05 bits per heavy atom. The number of ether oxygens (including phenoxy) is 1. The van der Waals surface area contributed by atoms with Crippen LogP contribution in [0, 0.1) is 5.82 Å². The van der Waals surface area contributed by atoms with E-state index in [9.17, 15) is 22.4 Å². The second-order valence-electron chi connectivity index (χ2n) is 4.96. The van der Waals surface area contributed by atoms with Crippen LogP contribution < -0.4 is 0 Å². The van der Waals surface area contributed by atoms with Crippen molar-refractivity contribution in [2.45, 2.75) is 44.1 Å². The van der Waals surface area contributed by atoms with Crippen molar-refractivity contribution in [3.05, 3.63) is 35.1 Å². The summed E-state index contributed by atoms with van der Waals surface area (Å²) in [7, 11) is 0. The van der Waals surface area contributed by atoms with Crippen molar-refractivity contribution < 1.29 is 32.2 Å². The first-order valence-electron chi connectivity index (χ1n) is 6.52. The summed E-state index contributed by atoms with van der Waals surface area (Å²) < 4.78 is 57.4. The minimum atomic E-state index is -4.75. The number of benzene rings is 1. The maximum atomic E-state index is 14.0. The monoisotopic (exact) mass is 306 g/mol. The molecule has 1 saturated heterocycles. The second-order valence-corrected chi connectivity index (χ2v) is 4.96. The number of carboxylic acids is 1. The molecular formula is C14H14F4O3. The van der Waals surface area contributed by atoms with E-state index in [4.69, 9.17) is 9.84 Å². The van der Waals surface area contributed by atoms with Crippen LogP contribution in [0.25, 0.3) is 0 Å². The van der Waals surface area contributed by atoms with Gasteiger partial charge in [0.1, 0.15) is 5.82 Å². The largest absolute Gasteiger partial charge is 0.481 e. The highest BCUT2D eigenvalue weighted by Gasteiger charge is 2.37. The van der Waals surface area contributed by atoms with Crippen molar-refractivity contribution in [3.8, 4) is 0 Å². The van der Waals surface area contributed by atoms with Gasteiger partial charge in [0.25, 0.3) is 0 Å². The molecule has 1 aromatic carbocycles. The van der Waals surface area contributed by atoms with Crippen LogP contribution in [-0.2, 0) is 15.7 Å². The zero-order valence-corrected chi connectivity index (χ0v) is 11.0. The van der Waals surface area contributed by atoms with Crippen molar-refractivity contribution in [2.75, 3.05) is 0 Å². The van der Waals surface area contributed by atoms with Crippen LogP contribution >= 0.6 is 0 Å². The number of rotatable bonds is 4. The van der Waals surface area contributed by atoms with E-state index in [0.717, 1.165) is 6.07 Å². The van der Waals surface area contributed by atoms with Crippen LogP contribution in [-0.4, -0.2) is 17.2 Å². The van der Waals surface area contributed by atoms with Crippen LogP contribution in [0.1, 0.15) is 42.9 Å². The van der Waals surface area contributed by atoms with Gasteiger partial charge in [-0.15, -0.1) is 0 Å². The van der Waals surface area contributed by atoms with Crippen LogP contribution in [0.4, 0.5) is 17.6 Å². The molecule has 21 heavy (non-hydrogen) atoms. The van der Waals surface area contributed by atoms with E-state index in [2.05, 4.69) is 0 Å². The lowest BCUT2D eigenvalue weighted by atomic mass is 10.0.